The molecule has 1 aliphatic rings. The van der Waals surface area contributed by atoms with Gasteiger partial charge in [0.2, 0.25) is 5.91 Å². The van der Waals surface area contributed by atoms with Gasteiger partial charge in [0.25, 0.3) is 0 Å². The van der Waals surface area contributed by atoms with E-state index < -0.39 is 6.36 Å². The van der Waals surface area contributed by atoms with Gasteiger partial charge in [-0.05, 0) is 37.9 Å². The van der Waals surface area contributed by atoms with Crippen LogP contribution in [0.4, 0.5) is 13.2 Å². The fourth-order valence-electron chi connectivity index (χ4n) is 2.45. The molecule has 1 aromatic rings. The Morgan fingerprint density at radius 1 is 1.36 bits per heavy atom. The number of ether oxygens (including phenoxy) is 1. The lowest BCUT2D eigenvalue weighted by Crippen LogP contribution is -2.25. The molecule has 0 aromatic heterocycles. The van der Waals surface area contributed by atoms with E-state index >= 15 is 0 Å². The number of amides is 1. The highest BCUT2D eigenvalue weighted by Gasteiger charge is 2.31. The summed E-state index contributed by atoms with van der Waals surface area (Å²) >= 11 is 0. The van der Waals surface area contributed by atoms with Gasteiger partial charge in [0.15, 0.2) is 0 Å². The van der Waals surface area contributed by atoms with E-state index in [0.29, 0.717) is 17.9 Å². The topological polar surface area (TPSA) is 50.4 Å². The van der Waals surface area contributed by atoms with E-state index in [1.807, 2.05) is 0 Å². The van der Waals surface area contributed by atoms with Gasteiger partial charge in [-0.15, -0.1) is 13.2 Å². The third-order valence-electron chi connectivity index (χ3n) is 3.62. The lowest BCUT2D eigenvalue weighted by atomic mass is 10.0. The number of carbonyl (C=O) groups excluding carboxylic acids is 1. The molecule has 4 nitrogen and oxygen atoms in total. The predicted molar refractivity (Wildman–Crippen MR) is 75.2 cm³/mol. The molecule has 2 rings (SSSR count). The molecule has 1 fully saturated rings. The van der Waals surface area contributed by atoms with Gasteiger partial charge in [-0.3, -0.25) is 4.79 Å². The summed E-state index contributed by atoms with van der Waals surface area (Å²) in [5, 5.41) is 5.87. The second-order valence-corrected chi connectivity index (χ2v) is 5.33. The third kappa shape index (κ3) is 5.55. The molecule has 122 valence electrons. The van der Waals surface area contributed by atoms with E-state index in [2.05, 4.69) is 15.4 Å². The number of carbonyl (C=O) groups is 1. The number of rotatable bonds is 6. The number of halogens is 3. The van der Waals surface area contributed by atoms with E-state index in [0.717, 1.165) is 25.9 Å². The van der Waals surface area contributed by atoms with E-state index in [1.54, 1.807) is 6.07 Å². The Bertz CT molecular complexity index is 500. The average Bonchev–Trinajstić information content (AvgIpc) is 2.96. The molecule has 7 heteroatoms. The number of alkyl halides is 3. The first-order chi connectivity index (χ1) is 10.4. The molecule has 0 saturated carbocycles. The number of hydrogen-bond acceptors (Lipinski definition) is 3. The Hall–Kier alpha value is -1.76. The van der Waals surface area contributed by atoms with Gasteiger partial charge >= 0.3 is 6.36 Å². The highest BCUT2D eigenvalue weighted by Crippen LogP contribution is 2.26. The number of hydrogen-bond donors (Lipinski definition) is 2. The number of nitrogens with one attached hydrogen (secondary N) is 2. The van der Waals surface area contributed by atoms with Gasteiger partial charge in [-0.2, -0.15) is 0 Å². The molecule has 1 amide bonds. The molecule has 1 heterocycles. The van der Waals surface area contributed by atoms with Crippen LogP contribution in [-0.4, -0.2) is 25.4 Å². The lowest BCUT2D eigenvalue weighted by Gasteiger charge is -2.14. The SMILES string of the molecule is O=C(CCC1CCNC1)NCc1ccccc1OC(F)(F)F. The van der Waals surface area contributed by atoms with Crippen LogP contribution in [0.5, 0.6) is 5.75 Å². The van der Waals surface area contributed by atoms with Crippen molar-refractivity contribution in [2.24, 2.45) is 5.92 Å². The predicted octanol–water partition coefficient (Wildman–Crippen LogP) is 2.59. The van der Waals surface area contributed by atoms with E-state index in [1.165, 1.54) is 18.2 Å². The van der Waals surface area contributed by atoms with Crippen molar-refractivity contribution in [1.29, 1.82) is 0 Å². The van der Waals surface area contributed by atoms with Crippen LogP contribution >= 0.6 is 0 Å². The van der Waals surface area contributed by atoms with Crippen molar-refractivity contribution in [3.63, 3.8) is 0 Å². The monoisotopic (exact) mass is 316 g/mol. The molecule has 1 unspecified atom stereocenters. The summed E-state index contributed by atoms with van der Waals surface area (Å²) in [4.78, 5) is 11.8. The molecular formula is C15H19F3N2O2. The maximum Gasteiger partial charge on any atom is 0.573 e. The summed E-state index contributed by atoms with van der Waals surface area (Å²) in [6.45, 7) is 1.93. The van der Waals surface area contributed by atoms with Gasteiger partial charge in [0.05, 0.1) is 0 Å². The Labute approximate surface area is 127 Å². The molecule has 1 saturated heterocycles. The van der Waals surface area contributed by atoms with Crippen LogP contribution in [0.2, 0.25) is 0 Å². The van der Waals surface area contributed by atoms with Gasteiger partial charge in [0.1, 0.15) is 5.75 Å². The summed E-state index contributed by atoms with van der Waals surface area (Å²) in [5.74, 6) is 0.0654. The van der Waals surface area contributed by atoms with Gasteiger partial charge in [0, 0.05) is 18.5 Å². The molecule has 22 heavy (non-hydrogen) atoms. The smallest absolute Gasteiger partial charge is 0.405 e. The van der Waals surface area contributed by atoms with Gasteiger partial charge in [-0.25, -0.2) is 0 Å². The van der Waals surface area contributed by atoms with Gasteiger partial charge < -0.3 is 15.4 Å². The summed E-state index contributed by atoms with van der Waals surface area (Å²) in [5.41, 5.74) is 0.302. The summed E-state index contributed by atoms with van der Waals surface area (Å²) in [6, 6.07) is 5.80. The molecule has 0 spiro atoms. The van der Waals surface area contributed by atoms with Crippen molar-refractivity contribution in [2.75, 3.05) is 13.1 Å². The van der Waals surface area contributed by atoms with Gasteiger partial charge in [-0.1, -0.05) is 18.2 Å². The number of para-hydroxylation sites is 1. The van der Waals surface area contributed by atoms with Crippen LogP contribution in [0.25, 0.3) is 0 Å². The first kappa shape index (κ1) is 16.6. The average molecular weight is 316 g/mol. The van der Waals surface area contributed by atoms with Crippen molar-refractivity contribution in [2.45, 2.75) is 32.2 Å². The quantitative estimate of drug-likeness (QED) is 0.848. The van der Waals surface area contributed by atoms with Crippen molar-refractivity contribution in [3.8, 4) is 5.75 Å². The highest BCUT2D eigenvalue weighted by molar-refractivity contribution is 5.75. The summed E-state index contributed by atoms with van der Waals surface area (Å²) in [7, 11) is 0. The zero-order valence-electron chi connectivity index (χ0n) is 12.1. The zero-order chi connectivity index (χ0) is 16.0. The minimum atomic E-state index is -4.74. The Balaban J connectivity index is 1.81. The number of benzene rings is 1. The Morgan fingerprint density at radius 2 is 2.14 bits per heavy atom. The standard InChI is InChI=1S/C15H19F3N2O2/c16-15(17,18)22-13-4-2-1-3-12(13)10-20-14(21)6-5-11-7-8-19-9-11/h1-4,11,19H,5-10H2,(H,20,21). The van der Waals surface area contributed by atoms with Crippen LogP contribution in [0.3, 0.4) is 0 Å². The normalized spacial score (nSPS) is 18.2. The summed E-state index contributed by atoms with van der Waals surface area (Å²) in [6.07, 6.45) is -2.50. The molecule has 2 N–H and O–H groups in total. The zero-order valence-corrected chi connectivity index (χ0v) is 12.1. The molecule has 0 aliphatic carbocycles. The molecule has 1 aromatic carbocycles. The van der Waals surface area contributed by atoms with E-state index in [4.69, 9.17) is 0 Å². The Kier molecular flexibility index (Phi) is 5.65. The molecule has 1 aliphatic heterocycles. The molecule has 0 radical (unpaired) electrons. The maximum absolute atomic E-state index is 12.3. The van der Waals surface area contributed by atoms with E-state index in [-0.39, 0.29) is 18.2 Å². The first-order valence-corrected chi connectivity index (χ1v) is 7.25. The fourth-order valence-corrected chi connectivity index (χ4v) is 2.45. The Morgan fingerprint density at radius 3 is 2.82 bits per heavy atom. The third-order valence-corrected chi connectivity index (χ3v) is 3.62. The second kappa shape index (κ2) is 7.49. The van der Waals surface area contributed by atoms with Crippen molar-refractivity contribution in [3.05, 3.63) is 29.8 Å². The van der Waals surface area contributed by atoms with E-state index in [9.17, 15) is 18.0 Å². The van der Waals surface area contributed by atoms with Crippen LogP contribution in [-0.2, 0) is 11.3 Å². The fraction of sp³-hybridized carbons (Fsp3) is 0.533. The van der Waals surface area contributed by atoms with Crippen molar-refractivity contribution in [1.82, 2.24) is 10.6 Å². The molecule has 0 bridgehead atoms. The maximum atomic E-state index is 12.3. The van der Waals surface area contributed by atoms with Crippen LogP contribution in [0.1, 0.15) is 24.8 Å². The highest BCUT2D eigenvalue weighted by atomic mass is 19.4. The van der Waals surface area contributed by atoms with Crippen molar-refractivity contribution < 1.29 is 22.7 Å². The summed E-state index contributed by atoms with van der Waals surface area (Å²) < 4.78 is 40.8. The van der Waals surface area contributed by atoms with Crippen LogP contribution in [0, 0.1) is 5.92 Å². The molecular weight excluding hydrogens is 297 g/mol. The van der Waals surface area contributed by atoms with Crippen LogP contribution < -0.4 is 15.4 Å². The second-order valence-electron chi connectivity index (χ2n) is 5.33. The van der Waals surface area contributed by atoms with Crippen molar-refractivity contribution >= 4 is 5.91 Å². The molecule has 1 atom stereocenters. The minimum Gasteiger partial charge on any atom is -0.405 e. The van der Waals surface area contributed by atoms with Crippen LogP contribution in [0.15, 0.2) is 24.3 Å². The lowest BCUT2D eigenvalue weighted by molar-refractivity contribution is -0.274. The largest absolute Gasteiger partial charge is 0.573 e. The minimum absolute atomic E-state index is 0.0218. The first-order valence-electron chi connectivity index (χ1n) is 7.25.